The number of rotatable bonds is 4. The Balaban J connectivity index is 1.93. The van der Waals surface area contributed by atoms with Crippen LogP contribution in [0.15, 0.2) is 9.98 Å². The van der Waals surface area contributed by atoms with Gasteiger partial charge in [0.05, 0.1) is 24.3 Å². The summed E-state index contributed by atoms with van der Waals surface area (Å²) in [5.74, 6) is 0.604. The summed E-state index contributed by atoms with van der Waals surface area (Å²) in [5, 5.41) is 1.74. The first kappa shape index (κ1) is 14.4. The average molecular weight is 302 g/mol. The Morgan fingerprint density at radius 2 is 1.47 bits per heavy atom. The Morgan fingerprint density at radius 3 is 1.84 bits per heavy atom. The quantitative estimate of drug-likeness (QED) is 0.713. The van der Waals surface area contributed by atoms with Crippen LogP contribution in [-0.2, 0) is 19.1 Å². The summed E-state index contributed by atoms with van der Waals surface area (Å²) in [6, 6.07) is -0.818. The molecule has 0 aromatic rings. The van der Waals surface area contributed by atoms with Gasteiger partial charge in [0.15, 0.2) is 12.1 Å². The highest BCUT2D eigenvalue weighted by atomic mass is 32.2. The summed E-state index contributed by atoms with van der Waals surface area (Å²) in [6.45, 7) is 0. The molecule has 0 unspecified atom stereocenters. The molecule has 0 saturated heterocycles. The van der Waals surface area contributed by atoms with Crippen LogP contribution in [0, 0.1) is 0 Å². The number of aliphatic imine (C=N–C) groups is 2. The van der Waals surface area contributed by atoms with E-state index in [1.165, 1.54) is 37.7 Å². The number of ether oxygens (including phenoxy) is 2. The van der Waals surface area contributed by atoms with Crippen LogP contribution in [-0.4, -0.2) is 59.8 Å². The first-order chi connectivity index (χ1) is 9.13. The summed E-state index contributed by atoms with van der Waals surface area (Å²) in [5.41, 5.74) is 0. The number of esters is 2. The van der Waals surface area contributed by atoms with Crippen LogP contribution >= 0.6 is 23.5 Å². The van der Waals surface area contributed by atoms with Crippen LogP contribution in [0.4, 0.5) is 0 Å². The fourth-order valence-electron chi connectivity index (χ4n) is 1.68. The molecule has 2 atom stereocenters. The highest BCUT2D eigenvalue weighted by Crippen LogP contribution is 2.27. The van der Waals surface area contributed by atoms with Crippen molar-refractivity contribution in [2.75, 3.05) is 25.7 Å². The smallest absolute Gasteiger partial charge is 0.331 e. The molecule has 6 nitrogen and oxygen atoms in total. The maximum Gasteiger partial charge on any atom is 0.331 e. The standard InChI is InChI=1S/C11H14N2O4S2/c1-16-10(14)6-4-18-8(12-6)3-9-13-7(5-19-9)11(15)17-2/h6-7H,3-5H2,1-2H3/t6-,7-/m0/s1. The fourth-order valence-corrected chi connectivity index (χ4v) is 3.78. The van der Waals surface area contributed by atoms with Gasteiger partial charge in [-0.3, -0.25) is 9.98 Å². The lowest BCUT2D eigenvalue weighted by molar-refractivity contribution is -0.142. The minimum Gasteiger partial charge on any atom is -0.467 e. The topological polar surface area (TPSA) is 77.3 Å². The molecule has 2 rings (SSSR count). The SMILES string of the molecule is COC(=O)[C@@H]1CSC(CC2=N[C@H](C(=O)OC)CS2)=N1. The molecule has 0 spiro atoms. The minimum atomic E-state index is -0.409. The molecule has 2 aliphatic rings. The van der Waals surface area contributed by atoms with E-state index in [2.05, 4.69) is 19.5 Å². The van der Waals surface area contributed by atoms with Gasteiger partial charge < -0.3 is 9.47 Å². The molecule has 0 amide bonds. The predicted octanol–water partition coefficient (Wildman–Crippen LogP) is 0.750. The van der Waals surface area contributed by atoms with E-state index in [1.54, 1.807) is 0 Å². The monoisotopic (exact) mass is 302 g/mol. The van der Waals surface area contributed by atoms with Gasteiger partial charge in [-0.25, -0.2) is 9.59 Å². The number of hydrogen-bond acceptors (Lipinski definition) is 8. The number of carbonyl (C=O) groups excluding carboxylic acids is 2. The van der Waals surface area contributed by atoms with Gasteiger partial charge in [-0.1, -0.05) is 0 Å². The zero-order valence-electron chi connectivity index (χ0n) is 10.6. The number of methoxy groups -OCH3 is 2. The lowest BCUT2D eigenvalue weighted by Gasteiger charge is -2.01. The van der Waals surface area contributed by atoms with Crippen LogP contribution in [0.2, 0.25) is 0 Å². The van der Waals surface area contributed by atoms with E-state index in [0.717, 1.165) is 10.1 Å². The second-order valence-electron chi connectivity index (χ2n) is 3.92. The molecular formula is C11H14N2O4S2. The van der Waals surface area contributed by atoms with Crippen LogP contribution in [0.1, 0.15) is 6.42 Å². The van der Waals surface area contributed by atoms with Crippen molar-refractivity contribution in [2.24, 2.45) is 9.98 Å². The predicted molar refractivity (Wildman–Crippen MR) is 76.0 cm³/mol. The fraction of sp³-hybridized carbons (Fsp3) is 0.636. The van der Waals surface area contributed by atoms with E-state index in [-0.39, 0.29) is 11.9 Å². The lowest BCUT2D eigenvalue weighted by Crippen LogP contribution is -2.19. The third-order valence-electron chi connectivity index (χ3n) is 2.66. The number of nitrogens with zero attached hydrogens (tertiary/aromatic N) is 2. The Bertz CT molecular complexity index is 410. The van der Waals surface area contributed by atoms with Gasteiger partial charge in [-0.2, -0.15) is 0 Å². The molecule has 2 heterocycles. The number of hydrogen-bond donors (Lipinski definition) is 0. The third kappa shape index (κ3) is 3.50. The van der Waals surface area contributed by atoms with Crippen LogP contribution in [0.5, 0.6) is 0 Å². The number of thioether (sulfide) groups is 2. The number of carbonyl (C=O) groups is 2. The molecule has 104 valence electrons. The molecular weight excluding hydrogens is 288 g/mol. The Morgan fingerprint density at radius 1 is 1.05 bits per heavy atom. The second-order valence-corrected chi connectivity index (χ2v) is 6.11. The summed E-state index contributed by atoms with van der Waals surface area (Å²) >= 11 is 3.07. The van der Waals surface area contributed by atoms with E-state index in [4.69, 9.17) is 0 Å². The van der Waals surface area contributed by atoms with Crippen LogP contribution < -0.4 is 0 Å². The molecule has 0 aromatic carbocycles. The molecule has 19 heavy (non-hydrogen) atoms. The summed E-state index contributed by atoms with van der Waals surface area (Å²) in [7, 11) is 2.72. The van der Waals surface area contributed by atoms with E-state index in [0.29, 0.717) is 17.9 Å². The molecule has 0 N–H and O–H groups in total. The zero-order chi connectivity index (χ0) is 13.8. The molecule has 0 aromatic heterocycles. The molecule has 2 aliphatic heterocycles. The van der Waals surface area contributed by atoms with Gasteiger partial charge in [0.1, 0.15) is 0 Å². The maximum absolute atomic E-state index is 11.3. The maximum atomic E-state index is 11.3. The third-order valence-corrected chi connectivity index (χ3v) is 4.80. The molecule has 0 aliphatic carbocycles. The van der Waals surface area contributed by atoms with E-state index < -0.39 is 12.1 Å². The van der Waals surface area contributed by atoms with Crippen LogP contribution in [0.25, 0.3) is 0 Å². The van der Waals surface area contributed by atoms with Crippen molar-refractivity contribution in [3.8, 4) is 0 Å². The van der Waals surface area contributed by atoms with Gasteiger partial charge in [0.2, 0.25) is 0 Å². The first-order valence-electron chi connectivity index (χ1n) is 5.68. The van der Waals surface area contributed by atoms with Crippen molar-refractivity contribution < 1.29 is 19.1 Å². The van der Waals surface area contributed by atoms with Gasteiger partial charge in [-0.15, -0.1) is 23.5 Å². The highest BCUT2D eigenvalue weighted by Gasteiger charge is 2.29. The zero-order valence-corrected chi connectivity index (χ0v) is 12.3. The van der Waals surface area contributed by atoms with Gasteiger partial charge in [0, 0.05) is 17.9 Å². The highest BCUT2D eigenvalue weighted by molar-refractivity contribution is 8.16. The summed E-state index contributed by atoms with van der Waals surface area (Å²) in [6.07, 6.45) is 0.580. The average Bonchev–Trinajstić information content (AvgIpc) is 3.07. The molecule has 0 fully saturated rings. The summed E-state index contributed by atoms with van der Waals surface area (Å²) in [4.78, 5) is 31.3. The Labute approximate surface area is 119 Å². The van der Waals surface area contributed by atoms with E-state index in [9.17, 15) is 9.59 Å². The normalized spacial score (nSPS) is 25.8. The summed E-state index contributed by atoms with van der Waals surface area (Å²) < 4.78 is 9.32. The van der Waals surface area contributed by atoms with Crippen molar-refractivity contribution in [1.29, 1.82) is 0 Å². The van der Waals surface area contributed by atoms with Crippen molar-refractivity contribution in [3.63, 3.8) is 0 Å². The van der Waals surface area contributed by atoms with E-state index >= 15 is 0 Å². The Kier molecular flexibility index (Phi) is 4.87. The van der Waals surface area contributed by atoms with E-state index in [1.807, 2.05) is 0 Å². The van der Waals surface area contributed by atoms with Crippen molar-refractivity contribution in [1.82, 2.24) is 0 Å². The van der Waals surface area contributed by atoms with Crippen molar-refractivity contribution >= 4 is 45.5 Å². The second kappa shape index (κ2) is 6.42. The largest absolute Gasteiger partial charge is 0.467 e. The molecule has 0 radical (unpaired) electrons. The van der Waals surface area contributed by atoms with Gasteiger partial charge in [0.25, 0.3) is 0 Å². The lowest BCUT2D eigenvalue weighted by atomic mass is 10.3. The minimum absolute atomic E-state index is 0.309. The van der Waals surface area contributed by atoms with Gasteiger partial charge in [-0.05, 0) is 0 Å². The molecule has 0 bridgehead atoms. The van der Waals surface area contributed by atoms with Crippen molar-refractivity contribution in [2.45, 2.75) is 18.5 Å². The first-order valence-corrected chi connectivity index (χ1v) is 7.65. The Hall–Kier alpha value is -1.02. The van der Waals surface area contributed by atoms with Gasteiger partial charge >= 0.3 is 11.9 Å². The van der Waals surface area contributed by atoms with Crippen molar-refractivity contribution in [3.05, 3.63) is 0 Å². The molecule has 8 heteroatoms. The van der Waals surface area contributed by atoms with Crippen LogP contribution in [0.3, 0.4) is 0 Å². The molecule has 0 saturated carbocycles.